The number of rotatable bonds is 3. The molecule has 0 radical (unpaired) electrons. The number of halogens is 3. The van der Waals surface area contributed by atoms with E-state index >= 15 is 0 Å². The van der Waals surface area contributed by atoms with Gasteiger partial charge in [0.05, 0.1) is 0 Å². The summed E-state index contributed by atoms with van der Waals surface area (Å²) >= 11 is 0. The average molecular weight is 535 g/mol. The molecule has 0 aromatic rings. The minimum atomic E-state index is -6.09. The molecule has 0 aliphatic heterocycles. The Morgan fingerprint density at radius 2 is 1.04 bits per heavy atom. The SMILES string of the molecule is C1CCC(P(C2CCCC2)C2CCCC2)C1.C=C[CH2-].O=S(=O)([O-])C(F)(F)F.[Pd+2]. The summed E-state index contributed by atoms with van der Waals surface area (Å²) in [6, 6.07) is 0. The van der Waals surface area contributed by atoms with Crippen molar-refractivity contribution in [1.82, 2.24) is 0 Å². The number of allylic oxidation sites excluding steroid dienone is 1. The van der Waals surface area contributed by atoms with Crippen LogP contribution in [0.25, 0.3) is 0 Å². The first kappa shape index (κ1) is 28.4. The molecule has 0 atom stereocenters. The van der Waals surface area contributed by atoms with E-state index in [-0.39, 0.29) is 20.4 Å². The summed E-state index contributed by atoms with van der Waals surface area (Å²) < 4.78 is 58.9. The van der Waals surface area contributed by atoms with Crippen LogP contribution in [0.4, 0.5) is 13.2 Å². The van der Waals surface area contributed by atoms with Gasteiger partial charge in [0, 0.05) is 0 Å². The Bertz CT molecular complexity index is 487. The monoisotopic (exact) mass is 534 g/mol. The maximum atomic E-state index is 10.7. The van der Waals surface area contributed by atoms with Crippen LogP contribution >= 0.6 is 7.92 Å². The van der Waals surface area contributed by atoms with Crippen molar-refractivity contribution < 1.29 is 46.6 Å². The molecule has 28 heavy (non-hydrogen) atoms. The topological polar surface area (TPSA) is 57.2 Å². The second kappa shape index (κ2) is 13.7. The van der Waals surface area contributed by atoms with Gasteiger partial charge >= 0.3 is 25.9 Å². The van der Waals surface area contributed by atoms with E-state index in [1.54, 1.807) is 77.0 Å². The minimum Gasteiger partial charge on any atom is -0.741 e. The van der Waals surface area contributed by atoms with Crippen LogP contribution in [-0.2, 0) is 30.5 Å². The van der Waals surface area contributed by atoms with Crippen LogP contribution in [0.3, 0.4) is 0 Å². The third-order valence-electron chi connectivity index (χ3n) is 5.52. The van der Waals surface area contributed by atoms with Crippen LogP contribution in [0.15, 0.2) is 12.7 Å². The van der Waals surface area contributed by atoms with Gasteiger partial charge in [-0.3, -0.25) is 0 Å². The van der Waals surface area contributed by atoms with Crippen molar-refractivity contribution >= 4 is 18.0 Å². The van der Waals surface area contributed by atoms with Gasteiger partial charge in [0.1, 0.15) is 0 Å². The summed E-state index contributed by atoms with van der Waals surface area (Å²) in [5.74, 6) is 0. The van der Waals surface area contributed by atoms with E-state index in [1.807, 2.05) is 0 Å². The van der Waals surface area contributed by atoms with Crippen molar-refractivity contribution in [3.05, 3.63) is 19.6 Å². The van der Waals surface area contributed by atoms with E-state index in [0.717, 1.165) is 0 Å². The summed E-state index contributed by atoms with van der Waals surface area (Å²) in [5.41, 5.74) is -2.02. The van der Waals surface area contributed by atoms with Crippen LogP contribution in [0.5, 0.6) is 0 Å². The molecule has 168 valence electrons. The zero-order chi connectivity index (χ0) is 20.5. The van der Waals surface area contributed by atoms with Crippen molar-refractivity contribution in [3.63, 3.8) is 0 Å². The zero-order valence-electron chi connectivity index (χ0n) is 16.2. The number of hydrogen-bond acceptors (Lipinski definition) is 3. The molecule has 0 unspecified atom stereocenters. The van der Waals surface area contributed by atoms with Crippen LogP contribution in [-0.4, -0.2) is 35.5 Å². The Morgan fingerprint density at radius 3 is 1.18 bits per heavy atom. The molecule has 3 saturated carbocycles. The van der Waals surface area contributed by atoms with Crippen LogP contribution in [0, 0.1) is 6.92 Å². The molecule has 0 aromatic heterocycles. The van der Waals surface area contributed by atoms with Gasteiger partial charge in [-0.25, -0.2) is 28.0 Å². The molecular weight excluding hydrogens is 503 g/mol. The van der Waals surface area contributed by atoms with E-state index < -0.39 is 15.6 Å². The summed E-state index contributed by atoms with van der Waals surface area (Å²) in [6.07, 6.45) is 20.5. The Kier molecular flexibility index (Phi) is 13.9. The maximum Gasteiger partial charge on any atom is 2.00 e. The Balaban J connectivity index is 0.000000521. The van der Waals surface area contributed by atoms with E-state index in [9.17, 15) is 13.2 Å². The number of alkyl halides is 3. The minimum absolute atomic E-state index is 0. The normalized spacial score (nSPS) is 21.5. The standard InChI is InChI=1S/C15H27P.C3H5.CHF3O3S.Pd/c1-2-8-13(7-1)16(14-9-3-4-10-14)15-11-5-6-12-15;1-3-2;2-1(3,4)8(5,6)7;/h13-15H,1-12H2;3H,1-2H2;(H,5,6,7);/q;-1;;+2/p-1. The van der Waals surface area contributed by atoms with Crippen LogP contribution < -0.4 is 0 Å². The molecule has 0 N–H and O–H groups in total. The van der Waals surface area contributed by atoms with Crippen molar-refractivity contribution in [2.24, 2.45) is 0 Å². The third-order valence-corrected chi connectivity index (χ3v) is 10.2. The zero-order valence-corrected chi connectivity index (χ0v) is 19.5. The predicted octanol–water partition coefficient (Wildman–Crippen LogP) is 6.35. The summed E-state index contributed by atoms with van der Waals surface area (Å²) in [5, 5.41) is 0. The van der Waals surface area contributed by atoms with Gasteiger partial charge in [-0.05, 0) is 55.5 Å². The van der Waals surface area contributed by atoms with Gasteiger partial charge in [0.25, 0.3) is 0 Å². The van der Waals surface area contributed by atoms with Crippen LogP contribution in [0.1, 0.15) is 77.0 Å². The summed E-state index contributed by atoms with van der Waals surface area (Å²) in [4.78, 5) is 0. The second-order valence-electron chi connectivity index (χ2n) is 7.45. The largest absolute Gasteiger partial charge is 2.00 e. The van der Waals surface area contributed by atoms with E-state index in [4.69, 9.17) is 13.0 Å². The summed E-state index contributed by atoms with van der Waals surface area (Å²) in [6.45, 7) is 6.50. The van der Waals surface area contributed by atoms with Gasteiger partial charge in [0.2, 0.25) is 0 Å². The molecule has 3 aliphatic carbocycles. The fourth-order valence-corrected chi connectivity index (χ4v) is 9.17. The molecule has 0 aromatic carbocycles. The molecule has 0 spiro atoms. The fourth-order valence-electron chi connectivity index (χ4n) is 4.50. The third kappa shape index (κ3) is 9.48. The molecule has 0 heterocycles. The first-order valence-electron chi connectivity index (χ1n) is 9.81. The molecule has 3 aliphatic rings. The molecule has 0 amide bonds. The molecule has 0 saturated heterocycles. The molecule has 3 fully saturated rings. The maximum absolute atomic E-state index is 10.7. The van der Waals surface area contributed by atoms with E-state index in [2.05, 4.69) is 13.5 Å². The van der Waals surface area contributed by atoms with Crippen molar-refractivity contribution in [1.29, 1.82) is 0 Å². The van der Waals surface area contributed by atoms with Gasteiger partial charge in [0.15, 0.2) is 10.1 Å². The smallest absolute Gasteiger partial charge is 0.741 e. The molecule has 3 rings (SSSR count). The van der Waals surface area contributed by atoms with E-state index in [1.165, 1.54) is 23.1 Å². The quantitative estimate of drug-likeness (QED) is 0.139. The van der Waals surface area contributed by atoms with Crippen molar-refractivity contribution in [3.8, 4) is 0 Å². The Morgan fingerprint density at radius 1 is 0.857 bits per heavy atom. The van der Waals surface area contributed by atoms with Gasteiger partial charge < -0.3 is 4.55 Å². The summed E-state index contributed by atoms with van der Waals surface area (Å²) in [7, 11) is -5.65. The van der Waals surface area contributed by atoms with E-state index in [0.29, 0.717) is 7.92 Å². The second-order valence-corrected chi connectivity index (χ2v) is 11.9. The fraction of sp³-hybridized carbons (Fsp3) is 0.842. The predicted molar refractivity (Wildman–Crippen MR) is 105 cm³/mol. The number of hydrogen-bond donors (Lipinski definition) is 0. The van der Waals surface area contributed by atoms with Gasteiger partial charge in [-0.15, -0.1) is 0 Å². The molecule has 3 nitrogen and oxygen atoms in total. The first-order valence-corrected chi connectivity index (χ1v) is 12.8. The molecule has 0 bridgehead atoms. The first-order chi connectivity index (χ1) is 12.6. The Labute approximate surface area is 183 Å². The van der Waals surface area contributed by atoms with Crippen LogP contribution in [0.2, 0.25) is 0 Å². The molecular formula is C19H32F3O3PPdS. The Hall–Kier alpha value is 0.402. The molecule has 9 heteroatoms. The average Bonchev–Trinajstić information content (AvgIpc) is 3.32. The van der Waals surface area contributed by atoms with Crippen molar-refractivity contribution in [2.45, 2.75) is 99.5 Å². The van der Waals surface area contributed by atoms with Gasteiger partial charge in [-0.1, -0.05) is 46.4 Å². The van der Waals surface area contributed by atoms with Crippen molar-refractivity contribution in [2.75, 3.05) is 0 Å². The van der Waals surface area contributed by atoms with Gasteiger partial charge in [-0.2, -0.15) is 13.2 Å².